The highest BCUT2D eigenvalue weighted by Crippen LogP contribution is 2.26. The number of nitrogens with two attached hydrogens (primary N) is 2. The maximum absolute atomic E-state index is 11.5. The molecule has 0 aliphatic carbocycles. The lowest BCUT2D eigenvalue weighted by Crippen LogP contribution is -2.59. The summed E-state index contributed by atoms with van der Waals surface area (Å²) in [4.78, 5) is 29.2. The van der Waals surface area contributed by atoms with Crippen LogP contribution in [-0.2, 0) is 14.3 Å². The van der Waals surface area contributed by atoms with Gasteiger partial charge < -0.3 is 36.8 Å². The zero-order chi connectivity index (χ0) is 19.1. The van der Waals surface area contributed by atoms with Crippen LogP contribution in [0.25, 0.3) is 10.4 Å². The summed E-state index contributed by atoms with van der Waals surface area (Å²) < 4.78 is 5.27. The molecule has 25 heavy (non-hydrogen) atoms. The molecule has 0 radical (unpaired) electrons. The molecule has 1 rings (SSSR count). The molecular formula is C12H19N7O6. The molecule has 1 heterocycles. The first-order valence-corrected chi connectivity index (χ1v) is 7.02. The molecule has 0 bridgehead atoms. The van der Waals surface area contributed by atoms with Crippen molar-refractivity contribution in [3.63, 3.8) is 0 Å². The largest absolute Gasteiger partial charge is 0.481 e. The van der Waals surface area contributed by atoms with Crippen molar-refractivity contribution >= 4 is 17.8 Å². The number of carbonyl (C=O) groups is 2. The van der Waals surface area contributed by atoms with E-state index >= 15 is 0 Å². The first kappa shape index (κ1) is 20.0. The second-order valence-electron chi connectivity index (χ2n) is 5.13. The van der Waals surface area contributed by atoms with Gasteiger partial charge in [-0.3, -0.25) is 4.79 Å². The van der Waals surface area contributed by atoms with Crippen molar-refractivity contribution in [3.05, 3.63) is 22.3 Å². The van der Waals surface area contributed by atoms with E-state index in [1.54, 1.807) is 0 Å². The Morgan fingerprint density at radius 2 is 2.16 bits per heavy atom. The Labute approximate surface area is 141 Å². The highest BCUT2D eigenvalue weighted by Gasteiger charge is 2.44. The standard InChI is InChI=1S/C12H19N7O6/c1-4(21)16-8-5(17-12(13)14)2-7(11(23)24)25-10(8)9(18-19-15)6(22)3-20/h2,5-6,8-10,20,22H,3H2,1H3,(H,16,21)(H,23,24)(H4,13,14,17)/t5-,6-,8+,9+,10+/m0/s1. The van der Waals surface area contributed by atoms with E-state index in [4.69, 9.17) is 26.8 Å². The Bertz CT molecular complexity index is 625. The fraction of sp³-hybridized carbons (Fsp3) is 0.583. The van der Waals surface area contributed by atoms with Crippen molar-refractivity contribution in [2.45, 2.75) is 37.3 Å². The van der Waals surface area contributed by atoms with E-state index in [2.05, 4.69) is 20.3 Å². The van der Waals surface area contributed by atoms with E-state index in [1.165, 1.54) is 6.92 Å². The smallest absolute Gasteiger partial charge is 0.370 e. The average Bonchev–Trinajstić information content (AvgIpc) is 2.52. The Hall–Kier alpha value is -3.02. The monoisotopic (exact) mass is 357 g/mol. The molecular weight excluding hydrogens is 338 g/mol. The number of carbonyl (C=O) groups excluding carboxylic acids is 1. The molecule has 0 aromatic rings. The van der Waals surface area contributed by atoms with Crippen LogP contribution in [0.15, 0.2) is 21.9 Å². The highest BCUT2D eigenvalue weighted by atomic mass is 16.5. The highest BCUT2D eigenvalue weighted by molar-refractivity contribution is 5.85. The summed E-state index contributed by atoms with van der Waals surface area (Å²) in [6.07, 6.45) is -1.87. The number of aliphatic hydroxyl groups excluding tert-OH is 2. The third-order valence-corrected chi connectivity index (χ3v) is 3.29. The third-order valence-electron chi connectivity index (χ3n) is 3.29. The lowest BCUT2D eigenvalue weighted by Gasteiger charge is -2.38. The minimum atomic E-state index is -1.58. The lowest BCUT2D eigenvalue weighted by atomic mass is 9.91. The summed E-state index contributed by atoms with van der Waals surface area (Å²) in [6, 6.07) is -3.56. The van der Waals surface area contributed by atoms with Gasteiger partial charge in [0.2, 0.25) is 11.7 Å². The summed E-state index contributed by atoms with van der Waals surface area (Å²) in [6.45, 7) is 0.389. The van der Waals surface area contributed by atoms with Crippen LogP contribution in [-0.4, -0.2) is 70.1 Å². The number of rotatable bonds is 7. The van der Waals surface area contributed by atoms with Crippen LogP contribution in [0.5, 0.6) is 0 Å². The second kappa shape index (κ2) is 8.73. The summed E-state index contributed by atoms with van der Waals surface area (Å²) >= 11 is 0. The first-order chi connectivity index (χ1) is 11.7. The van der Waals surface area contributed by atoms with E-state index in [9.17, 15) is 19.8 Å². The van der Waals surface area contributed by atoms with Crippen LogP contribution in [0, 0.1) is 0 Å². The number of aliphatic carboxylic acids is 1. The van der Waals surface area contributed by atoms with Gasteiger partial charge in [-0.1, -0.05) is 5.11 Å². The van der Waals surface area contributed by atoms with Crippen molar-refractivity contribution in [1.29, 1.82) is 0 Å². The van der Waals surface area contributed by atoms with Crippen molar-refractivity contribution in [2.24, 2.45) is 21.6 Å². The first-order valence-electron chi connectivity index (χ1n) is 7.02. The Balaban J connectivity index is 3.44. The Morgan fingerprint density at radius 1 is 1.52 bits per heavy atom. The van der Waals surface area contributed by atoms with Gasteiger partial charge in [0.05, 0.1) is 24.8 Å². The van der Waals surface area contributed by atoms with Gasteiger partial charge in [0, 0.05) is 11.8 Å². The molecule has 5 atom stereocenters. The van der Waals surface area contributed by atoms with Gasteiger partial charge in [-0.15, -0.1) is 0 Å². The number of carboxylic acids is 1. The molecule has 0 unspecified atom stereocenters. The Kier molecular flexibility index (Phi) is 6.99. The van der Waals surface area contributed by atoms with Gasteiger partial charge in [-0.05, 0) is 11.6 Å². The van der Waals surface area contributed by atoms with E-state index in [0.717, 1.165) is 6.08 Å². The SMILES string of the molecule is CC(=O)N[C@H]1[C@H]([C@H](N=[N+]=[N-])[C@@H](O)CO)OC(C(=O)O)=C[C@@H]1N=C(N)N. The number of hydrogen-bond acceptors (Lipinski definition) is 7. The minimum absolute atomic E-state index is 0.384. The Morgan fingerprint density at radius 3 is 2.60 bits per heavy atom. The van der Waals surface area contributed by atoms with Gasteiger partial charge in [-0.2, -0.15) is 0 Å². The molecule has 13 nitrogen and oxygen atoms in total. The van der Waals surface area contributed by atoms with Crippen LogP contribution in [0.2, 0.25) is 0 Å². The number of ether oxygens (including phenoxy) is 1. The van der Waals surface area contributed by atoms with E-state index in [-0.39, 0.29) is 5.96 Å². The van der Waals surface area contributed by atoms with Crippen LogP contribution in [0.1, 0.15) is 6.92 Å². The molecule has 13 heteroatoms. The molecule has 0 saturated heterocycles. The fourth-order valence-corrected chi connectivity index (χ4v) is 2.34. The fourth-order valence-electron chi connectivity index (χ4n) is 2.34. The maximum atomic E-state index is 11.5. The van der Waals surface area contributed by atoms with Crippen LogP contribution < -0.4 is 16.8 Å². The van der Waals surface area contributed by atoms with Crippen LogP contribution >= 0.6 is 0 Å². The average molecular weight is 357 g/mol. The maximum Gasteiger partial charge on any atom is 0.370 e. The normalized spacial score (nSPS) is 24.6. The molecule has 0 fully saturated rings. The van der Waals surface area contributed by atoms with Gasteiger partial charge in [0.25, 0.3) is 0 Å². The van der Waals surface area contributed by atoms with Gasteiger partial charge in [-0.25, -0.2) is 9.79 Å². The predicted molar refractivity (Wildman–Crippen MR) is 83.8 cm³/mol. The third kappa shape index (κ3) is 5.24. The number of aliphatic hydroxyl groups is 2. The predicted octanol–water partition coefficient (Wildman–Crippen LogP) is -2.47. The van der Waals surface area contributed by atoms with Gasteiger partial charge >= 0.3 is 5.97 Å². The summed E-state index contributed by atoms with van der Waals surface area (Å²) in [5.41, 5.74) is 19.4. The number of carboxylic acid groups (broad SMARTS) is 1. The number of azide groups is 1. The molecule has 138 valence electrons. The summed E-state index contributed by atoms with van der Waals surface area (Å²) in [5, 5.41) is 34.0. The molecule has 1 amide bonds. The number of hydrogen-bond donors (Lipinski definition) is 6. The molecule has 0 aromatic heterocycles. The topological polar surface area (TPSA) is 229 Å². The van der Waals surface area contributed by atoms with E-state index < -0.39 is 54.6 Å². The summed E-state index contributed by atoms with van der Waals surface area (Å²) in [7, 11) is 0. The van der Waals surface area contributed by atoms with E-state index in [1.807, 2.05) is 0 Å². The zero-order valence-electron chi connectivity index (χ0n) is 13.2. The number of aliphatic imine (C=N–C) groups is 1. The number of nitrogens with zero attached hydrogens (tertiary/aromatic N) is 4. The zero-order valence-corrected chi connectivity index (χ0v) is 13.2. The number of amides is 1. The van der Waals surface area contributed by atoms with E-state index in [0.29, 0.717) is 0 Å². The molecule has 0 saturated carbocycles. The van der Waals surface area contributed by atoms with Gasteiger partial charge in [0.1, 0.15) is 12.1 Å². The van der Waals surface area contributed by atoms with Crippen molar-refractivity contribution in [2.75, 3.05) is 6.61 Å². The second-order valence-corrected chi connectivity index (χ2v) is 5.13. The molecule has 0 spiro atoms. The number of guanidine groups is 1. The van der Waals surface area contributed by atoms with Gasteiger partial charge in [0.15, 0.2) is 5.96 Å². The van der Waals surface area contributed by atoms with Crippen LogP contribution in [0.4, 0.5) is 0 Å². The van der Waals surface area contributed by atoms with Crippen molar-refractivity contribution in [3.8, 4) is 0 Å². The van der Waals surface area contributed by atoms with Crippen LogP contribution in [0.3, 0.4) is 0 Å². The lowest BCUT2D eigenvalue weighted by molar-refractivity contribution is -0.140. The quantitative estimate of drug-likeness (QED) is 0.0937. The molecule has 1 aliphatic heterocycles. The number of nitrogens with one attached hydrogen (secondary N) is 1. The van der Waals surface area contributed by atoms with Crippen molar-refractivity contribution in [1.82, 2.24) is 5.32 Å². The minimum Gasteiger partial charge on any atom is -0.481 e. The molecule has 1 aliphatic rings. The molecule has 8 N–H and O–H groups in total. The molecule has 0 aromatic carbocycles. The van der Waals surface area contributed by atoms with Crippen molar-refractivity contribution < 1.29 is 29.6 Å². The summed E-state index contributed by atoms with van der Waals surface area (Å²) in [5.74, 6) is -2.94.